The molecule has 1 aliphatic heterocycles. The Morgan fingerprint density at radius 2 is 2.06 bits per heavy atom. The molecule has 1 aromatic heterocycles. The van der Waals surface area contributed by atoms with Gasteiger partial charge in [-0.3, -0.25) is 4.79 Å². The Balaban J connectivity index is 1.24. The fourth-order valence-electron chi connectivity index (χ4n) is 4.83. The first-order valence-corrected chi connectivity index (χ1v) is 11.4. The van der Waals surface area contributed by atoms with Crippen LogP contribution >= 0.6 is 0 Å². The minimum Gasteiger partial charge on any atom is -0.492 e. The summed E-state index contributed by atoms with van der Waals surface area (Å²) in [6.07, 6.45) is 2.40. The molecule has 2 heterocycles. The van der Waals surface area contributed by atoms with Crippen LogP contribution in [0.25, 0.3) is 10.9 Å². The summed E-state index contributed by atoms with van der Waals surface area (Å²) < 4.78 is 32.7. The summed E-state index contributed by atoms with van der Waals surface area (Å²) in [7, 11) is 0. The van der Waals surface area contributed by atoms with Crippen LogP contribution in [0.2, 0.25) is 0 Å². The Bertz CT molecular complexity index is 1460. The van der Waals surface area contributed by atoms with E-state index in [0.717, 1.165) is 22.0 Å². The summed E-state index contributed by atoms with van der Waals surface area (Å²) >= 11 is 0. The summed E-state index contributed by atoms with van der Waals surface area (Å²) in [5, 5.41) is 10.00. The third-order valence-corrected chi connectivity index (χ3v) is 6.47. The van der Waals surface area contributed by atoms with E-state index < -0.39 is 12.1 Å². The molecule has 176 valence electrons. The number of para-hydroxylation sites is 1. The summed E-state index contributed by atoms with van der Waals surface area (Å²) in [6, 6.07) is 16.1. The maximum Gasteiger partial charge on any atom is 0.322 e. The number of halogens is 1. The van der Waals surface area contributed by atoms with E-state index in [-0.39, 0.29) is 24.2 Å². The van der Waals surface area contributed by atoms with Crippen LogP contribution < -0.4 is 14.2 Å². The number of rotatable bonds is 6. The molecule has 2 atom stereocenters. The van der Waals surface area contributed by atoms with Crippen molar-refractivity contribution in [3.8, 4) is 23.3 Å². The fourth-order valence-corrected chi connectivity index (χ4v) is 4.83. The van der Waals surface area contributed by atoms with Crippen LogP contribution in [0.5, 0.6) is 23.3 Å². The quantitative estimate of drug-likeness (QED) is 0.392. The number of aromatic nitrogens is 2. The second-order valence-corrected chi connectivity index (χ2v) is 8.70. The van der Waals surface area contributed by atoms with Crippen LogP contribution in [-0.4, -0.2) is 27.7 Å². The first kappa shape index (κ1) is 21.3. The van der Waals surface area contributed by atoms with Gasteiger partial charge in [-0.2, -0.15) is 4.98 Å². The van der Waals surface area contributed by atoms with Crippen molar-refractivity contribution in [2.45, 2.75) is 31.3 Å². The zero-order valence-corrected chi connectivity index (χ0v) is 18.6. The Kier molecular flexibility index (Phi) is 5.21. The zero-order chi connectivity index (χ0) is 23.9. The highest BCUT2D eigenvalue weighted by molar-refractivity contribution is 5.77. The van der Waals surface area contributed by atoms with Gasteiger partial charge in [-0.25, -0.2) is 9.37 Å². The molecule has 2 aliphatic rings. The molecule has 0 bridgehead atoms. The Morgan fingerprint density at radius 1 is 1.17 bits per heavy atom. The van der Waals surface area contributed by atoms with Gasteiger partial charge in [0.15, 0.2) is 0 Å². The van der Waals surface area contributed by atoms with E-state index in [1.54, 1.807) is 24.4 Å². The molecular formula is C27H21FN2O5. The molecule has 3 aromatic carbocycles. The number of carbonyl (C=O) groups is 1. The van der Waals surface area contributed by atoms with E-state index >= 15 is 0 Å². The van der Waals surface area contributed by atoms with E-state index in [1.807, 2.05) is 30.3 Å². The van der Waals surface area contributed by atoms with Gasteiger partial charge in [-0.15, -0.1) is 0 Å². The van der Waals surface area contributed by atoms with Crippen LogP contribution in [-0.2, 0) is 11.2 Å². The number of carboxylic acid groups (broad SMARTS) is 1. The molecule has 0 fully saturated rings. The third-order valence-electron chi connectivity index (χ3n) is 6.47. The molecule has 8 heteroatoms. The lowest BCUT2D eigenvalue weighted by molar-refractivity contribution is -0.137. The van der Waals surface area contributed by atoms with Gasteiger partial charge >= 0.3 is 12.0 Å². The molecule has 1 N–H and O–H groups in total. The summed E-state index contributed by atoms with van der Waals surface area (Å²) in [6.45, 7) is 0.323. The van der Waals surface area contributed by atoms with Gasteiger partial charge < -0.3 is 19.3 Å². The zero-order valence-electron chi connectivity index (χ0n) is 18.6. The van der Waals surface area contributed by atoms with Crippen LogP contribution in [0.3, 0.4) is 0 Å². The fraction of sp³-hybridized carbons (Fsp3) is 0.222. The topological polar surface area (TPSA) is 90.8 Å². The van der Waals surface area contributed by atoms with Gasteiger partial charge in [-0.05, 0) is 37.1 Å². The van der Waals surface area contributed by atoms with Gasteiger partial charge in [0.05, 0.1) is 18.5 Å². The predicted molar refractivity (Wildman–Crippen MR) is 125 cm³/mol. The number of carboxylic acids is 1. The molecule has 35 heavy (non-hydrogen) atoms. The van der Waals surface area contributed by atoms with Crippen molar-refractivity contribution in [3.63, 3.8) is 0 Å². The largest absolute Gasteiger partial charge is 0.492 e. The minimum absolute atomic E-state index is 0.0120. The lowest BCUT2D eigenvalue weighted by Crippen LogP contribution is -2.07. The standard InChI is InChI=1S/C27H21FN2O5/c28-20-8-10-22(35-27-29-13-15-3-1-2-4-21(15)30-27)19-7-9-23(26(19)20)34-17-5-6-18-16(11-25(31)32)14-33-24(18)12-17/h1-6,8,10,12-13,16,23H,7,9,11,14H2,(H,31,32)/t16-,23-/m1/s1. The molecule has 0 amide bonds. The highest BCUT2D eigenvalue weighted by atomic mass is 19.1. The van der Waals surface area contributed by atoms with Crippen molar-refractivity contribution in [1.82, 2.24) is 9.97 Å². The number of hydrogen-bond acceptors (Lipinski definition) is 6. The number of hydrogen-bond donors (Lipinski definition) is 1. The normalized spacial score (nSPS) is 18.1. The predicted octanol–water partition coefficient (Wildman–Crippen LogP) is 5.58. The van der Waals surface area contributed by atoms with Crippen LogP contribution in [0.15, 0.2) is 60.8 Å². The minimum atomic E-state index is -0.864. The molecule has 0 saturated heterocycles. The van der Waals surface area contributed by atoms with E-state index in [4.69, 9.17) is 19.3 Å². The first-order chi connectivity index (χ1) is 17.0. The second kappa shape index (κ2) is 8.54. The Hall–Kier alpha value is -4.20. The van der Waals surface area contributed by atoms with Crippen molar-refractivity contribution in [2.75, 3.05) is 6.61 Å². The Morgan fingerprint density at radius 3 is 2.94 bits per heavy atom. The molecule has 4 aromatic rings. The maximum atomic E-state index is 14.9. The number of benzene rings is 3. The lowest BCUT2D eigenvalue weighted by atomic mass is 9.98. The highest BCUT2D eigenvalue weighted by Gasteiger charge is 2.32. The van der Waals surface area contributed by atoms with Gasteiger partial charge in [0.2, 0.25) is 0 Å². The third kappa shape index (κ3) is 4.01. The highest BCUT2D eigenvalue weighted by Crippen LogP contribution is 2.44. The number of aliphatic carboxylic acids is 1. The number of fused-ring (bicyclic) bond motifs is 3. The lowest BCUT2D eigenvalue weighted by Gasteiger charge is -2.17. The van der Waals surface area contributed by atoms with Gasteiger partial charge in [0.25, 0.3) is 0 Å². The number of ether oxygens (including phenoxy) is 3. The van der Waals surface area contributed by atoms with E-state index in [0.29, 0.717) is 42.3 Å². The molecular weight excluding hydrogens is 451 g/mol. The maximum absolute atomic E-state index is 14.9. The van der Waals surface area contributed by atoms with E-state index in [2.05, 4.69) is 9.97 Å². The number of nitrogens with zero attached hydrogens (tertiary/aromatic N) is 2. The molecule has 7 nitrogen and oxygen atoms in total. The van der Waals surface area contributed by atoms with Gasteiger partial charge in [0, 0.05) is 40.3 Å². The molecule has 6 rings (SSSR count). The van der Waals surface area contributed by atoms with Crippen LogP contribution in [0.1, 0.15) is 41.6 Å². The molecule has 0 spiro atoms. The van der Waals surface area contributed by atoms with Crippen LogP contribution in [0.4, 0.5) is 4.39 Å². The van der Waals surface area contributed by atoms with Crippen LogP contribution in [0, 0.1) is 5.82 Å². The first-order valence-electron chi connectivity index (χ1n) is 11.4. The summed E-state index contributed by atoms with van der Waals surface area (Å²) in [5.74, 6) is 0.263. The van der Waals surface area contributed by atoms with E-state index in [1.165, 1.54) is 6.07 Å². The van der Waals surface area contributed by atoms with Crippen molar-refractivity contribution in [2.24, 2.45) is 0 Å². The Labute approximate surface area is 200 Å². The smallest absolute Gasteiger partial charge is 0.322 e. The van der Waals surface area contributed by atoms with Gasteiger partial charge in [0.1, 0.15) is 29.2 Å². The summed E-state index contributed by atoms with van der Waals surface area (Å²) in [4.78, 5) is 19.8. The average Bonchev–Trinajstić information content (AvgIpc) is 3.45. The van der Waals surface area contributed by atoms with Gasteiger partial charge in [-0.1, -0.05) is 24.3 Å². The van der Waals surface area contributed by atoms with E-state index in [9.17, 15) is 9.18 Å². The SMILES string of the molecule is O=C(O)C[C@@H]1COc2cc(O[C@@H]3CCc4c(Oc5ncc6ccccc6n5)ccc(F)c43)ccc21. The molecule has 0 saturated carbocycles. The summed E-state index contributed by atoms with van der Waals surface area (Å²) in [5.41, 5.74) is 2.82. The van der Waals surface area contributed by atoms with Crippen molar-refractivity contribution < 1.29 is 28.5 Å². The van der Waals surface area contributed by atoms with Crippen molar-refractivity contribution in [3.05, 3.63) is 83.3 Å². The second-order valence-electron chi connectivity index (χ2n) is 8.70. The monoisotopic (exact) mass is 472 g/mol. The average molecular weight is 472 g/mol. The van der Waals surface area contributed by atoms with Crippen molar-refractivity contribution >= 4 is 16.9 Å². The molecule has 0 unspecified atom stereocenters. The van der Waals surface area contributed by atoms with Crippen molar-refractivity contribution in [1.29, 1.82) is 0 Å². The molecule has 1 aliphatic carbocycles. The molecule has 0 radical (unpaired) electrons.